The summed E-state index contributed by atoms with van der Waals surface area (Å²) < 4.78 is 0. The second kappa shape index (κ2) is 8.84. The molecule has 0 spiro atoms. The summed E-state index contributed by atoms with van der Waals surface area (Å²) in [6.45, 7) is 4.49. The summed E-state index contributed by atoms with van der Waals surface area (Å²) in [7, 11) is 0. The van der Waals surface area contributed by atoms with Gasteiger partial charge in [-0.05, 0) is 24.8 Å². The van der Waals surface area contributed by atoms with Crippen molar-refractivity contribution in [3.8, 4) is 0 Å². The molecule has 1 aromatic carbocycles. The fourth-order valence-corrected chi connectivity index (χ4v) is 4.79. The van der Waals surface area contributed by atoms with Gasteiger partial charge in [-0.25, -0.2) is 4.98 Å². The summed E-state index contributed by atoms with van der Waals surface area (Å²) in [4.78, 5) is 34.8. The lowest BCUT2D eigenvalue weighted by Gasteiger charge is -2.23. The third-order valence-electron chi connectivity index (χ3n) is 5.41. The lowest BCUT2D eigenvalue weighted by Crippen LogP contribution is -2.40. The van der Waals surface area contributed by atoms with Gasteiger partial charge in [-0.3, -0.25) is 14.5 Å². The Bertz CT molecular complexity index is 805. The molecule has 2 aliphatic heterocycles. The van der Waals surface area contributed by atoms with Gasteiger partial charge in [-0.1, -0.05) is 30.3 Å². The van der Waals surface area contributed by atoms with Gasteiger partial charge < -0.3 is 10.2 Å². The summed E-state index contributed by atoms with van der Waals surface area (Å²) in [6, 6.07) is 9.89. The average molecular weight is 399 g/mol. The number of nitrogens with one attached hydrogen (secondary N) is 1. The van der Waals surface area contributed by atoms with Gasteiger partial charge in [0, 0.05) is 44.0 Å². The highest BCUT2D eigenvalue weighted by molar-refractivity contribution is 7.13. The molecule has 1 aromatic heterocycles. The molecule has 0 bridgehead atoms. The molecule has 2 amide bonds. The number of carbonyl (C=O) groups excluding carboxylic acids is 2. The van der Waals surface area contributed by atoms with Crippen LogP contribution in [0.3, 0.4) is 0 Å². The van der Waals surface area contributed by atoms with Crippen LogP contribution in [0.4, 0.5) is 0 Å². The minimum Gasteiger partial charge on any atom is -0.346 e. The van der Waals surface area contributed by atoms with E-state index in [0.29, 0.717) is 18.1 Å². The lowest BCUT2D eigenvalue weighted by atomic mass is 10.2. The smallest absolute Gasteiger partial charge is 0.280 e. The molecular weight excluding hydrogens is 372 g/mol. The number of rotatable bonds is 5. The van der Waals surface area contributed by atoms with Crippen molar-refractivity contribution >= 4 is 23.2 Å². The first-order valence-electron chi connectivity index (χ1n) is 10.00. The van der Waals surface area contributed by atoms with Gasteiger partial charge in [0.2, 0.25) is 5.91 Å². The molecular formula is C21H26N4O2S. The molecule has 2 aromatic rings. The van der Waals surface area contributed by atoms with E-state index in [2.05, 4.69) is 15.2 Å². The molecule has 6 nitrogen and oxygen atoms in total. The zero-order valence-electron chi connectivity index (χ0n) is 16.0. The number of fused-ring (bicyclic) bond motifs is 1. The van der Waals surface area contributed by atoms with Crippen LogP contribution in [0.2, 0.25) is 0 Å². The Morgan fingerprint density at radius 1 is 1.04 bits per heavy atom. The summed E-state index contributed by atoms with van der Waals surface area (Å²) in [6.07, 6.45) is 3.90. The molecule has 0 unspecified atom stereocenters. The fourth-order valence-electron chi connectivity index (χ4n) is 3.78. The number of thiazole rings is 1. The minimum atomic E-state index is -0.108. The van der Waals surface area contributed by atoms with E-state index in [1.54, 1.807) is 0 Å². The topological polar surface area (TPSA) is 65.5 Å². The van der Waals surface area contributed by atoms with Crippen molar-refractivity contribution < 1.29 is 9.59 Å². The number of nitrogens with zero attached hydrogens (tertiary/aromatic N) is 3. The van der Waals surface area contributed by atoms with Crippen LogP contribution in [-0.4, -0.2) is 59.3 Å². The first kappa shape index (κ1) is 19.1. The van der Waals surface area contributed by atoms with Gasteiger partial charge in [0.25, 0.3) is 5.91 Å². The van der Waals surface area contributed by atoms with E-state index in [-0.39, 0.29) is 11.8 Å². The molecule has 0 aliphatic carbocycles. The van der Waals surface area contributed by atoms with Crippen LogP contribution in [0, 0.1) is 0 Å². The maximum atomic E-state index is 12.5. The predicted molar refractivity (Wildman–Crippen MR) is 109 cm³/mol. The molecule has 7 heteroatoms. The van der Waals surface area contributed by atoms with Crippen LogP contribution in [0.15, 0.2) is 30.3 Å². The van der Waals surface area contributed by atoms with Crippen molar-refractivity contribution in [1.29, 1.82) is 0 Å². The Balaban J connectivity index is 1.30. The highest BCUT2D eigenvalue weighted by atomic mass is 32.1. The molecule has 2 aliphatic rings. The van der Waals surface area contributed by atoms with E-state index in [9.17, 15) is 9.59 Å². The second-order valence-corrected chi connectivity index (χ2v) is 8.50. The van der Waals surface area contributed by atoms with E-state index in [0.717, 1.165) is 63.1 Å². The second-order valence-electron chi connectivity index (χ2n) is 7.42. The van der Waals surface area contributed by atoms with Crippen LogP contribution < -0.4 is 5.32 Å². The first-order valence-corrected chi connectivity index (χ1v) is 10.8. The largest absolute Gasteiger partial charge is 0.346 e. The predicted octanol–water partition coefficient (Wildman–Crippen LogP) is 2.10. The summed E-state index contributed by atoms with van der Waals surface area (Å²) >= 11 is 1.49. The van der Waals surface area contributed by atoms with E-state index >= 15 is 0 Å². The lowest BCUT2D eigenvalue weighted by molar-refractivity contribution is -0.131. The Kier molecular flexibility index (Phi) is 6.02. The highest BCUT2D eigenvalue weighted by Gasteiger charge is 2.24. The SMILES string of the molecule is O=C(NCc1ccccc1)c1nc2c(s1)CCN(CC(=O)N1CCCC1)CC2. The Hall–Kier alpha value is -2.25. The number of hydrogen-bond donors (Lipinski definition) is 1. The third-order valence-corrected chi connectivity index (χ3v) is 6.56. The van der Waals surface area contributed by atoms with Gasteiger partial charge in [-0.15, -0.1) is 11.3 Å². The summed E-state index contributed by atoms with van der Waals surface area (Å²) in [5.41, 5.74) is 2.10. The molecule has 1 fully saturated rings. The summed E-state index contributed by atoms with van der Waals surface area (Å²) in [5, 5.41) is 3.50. The average Bonchev–Trinajstić information content (AvgIpc) is 3.36. The van der Waals surface area contributed by atoms with E-state index in [1.807, 2.05) is 35.2 Å². The van der Waals surface area contributed by atoms with Gasteiger partial charge in [-0.2, -0.15) is 0 Å². The Labute approximate surface area is 169 Å². The molecule has 148 valence electrons. The van der Waals surface area contributed by atoms with E-state index < -0.39 is 0 Å². The summed E-state index contributed by atoms with van der Waals surface area (Å²) in [5.74, 6) is 0.139. The molecule has 4 rings (SSSR count). The van der Waals surface area contributed by atoms with Crippen LogP contribution in [0.25, 0.3) is 0 Å². The number of hydrogen-bond acceptors (Lipinski definition) is 5. The van der Waals surface area contributed by atoms with Gasteiger partial charge in [0.05, 0.1) is 12.2 Å². The zero-order chi connectivity index (χ0) is 19.3. The van der Waals surface area contributed by atoms with Crippen molar-refractivity contribution in [1.82, 2.24) is 20.1 Å². The Morgan fingerprint density at radius 3 is 2.57 bits per heavy atom. The fraction of sp³-hybridized carbons (Fsp3) is 0.476. The van der Waals surface area contributed by atoms with Crippen molar-refractivity contribution in [3.63, 3.8) is 0 Å². The number of likely N-dealkylation sites (tertiary alicyclic amines) is 1. The normalized spacial score (nSPS) is 17.2. The van der Waals surface area contributed by atoms with Crippen molar-refractivity contribution in [2.75, 3.05) is 32.7 Å². The number of benzene rings is 1. The molecule has 0 saturated carbocycles. The monoisotopic (exact) mass is 398 g/mol. The number of amides is 2. The van der Waals surface area contributed by atoms with Crippen LogP contribution in [-0.2, 0) is 24.2 Å². The number of aromatic nitrogens is 1. The van der Waals surface area contributed by atoms with E-state index in [4.69, 9.17) is 0 Å². The molecule has 0 atom stereocenters. The van der Waals surface area contributed by atoms with Crippen molar-refractivity contribution in [2.24, 2.45) is 0 Å². The maximum absolute atomic E-state index is 12.5. The number of carbonyl (C=O) groups is 2. The molecule has 28 heavy (non-hydrogen) atoms. The maximum Gasteiger partial charge on any atom is 0.280 e. The molecule has 0 radical (unpaired) electrons. The van der Waals surface area contributed by atoms with Gasteiger partial charge >= 0.3 is 0 Å². The van der Waals surface area contributed by atoms with Crippen molar-refractivity contribution in [2.45, 2.75) is 32.2 Å². The van der Waals surface area contributed by atoms with Gasteiger partial charge in [0.15, 0.2) is 5.01 Å². The van der Waals surface area contributed by atoms with Crippen LogP contribution in [0.1, 0.15) is 38.8 Å². The van der Waals surface area contributed by atoms with Gasteiger partial charge in [0.1, 0.15) is 0 Å². The van der Waals surface area contributed by atoms with Crippen LogP contribution in [0.5, 0.6) is 0 Å². The standard InChI is InChI=1S/C21H26N4O2S/c26-19(25-10-4-5-11-25)15-24-12-8-17-18(9-13-24)28-21(23-17)20(27)22-14-16-6-2-1-3-7-16/h1-3,6-7H,4-5,8-15H2,(H,22,27). The molecule has 3 heterocycles. The first-order chi connectivity index (χ1) is 13.7. The van der Waals surface area contributed by atoms with E-state index in [1.165, 1.54) is 16.2 Å². The quantitative estimate of drug-likeness (QED) is 0.838. The zero-order valence-corrected chi connectivity index (χ0v) is 16.8. The Morgan fingerprint density at radius 2 is 1.79 bits per heavy atom. The van der Waals surface area contributed by atoms with Crippen molar-refractivity contribution in [3.05, 3.63) is 51.5 Å². The van der Waals surface area contributed by atoms with Crippen LogP contribution >= 0.6 is 11.3 Å². The third kappa shape index (κ3) is 4.59. The molecule has 1 saturated heterocycles. The minimum absolute atomic E-state index is 0.108. The highest BCUT2D eigenvalue weighted by Crippen LogP contribution is 2.23. The molecule has 1 N–H and O–H groups in total.